The summed E-state index contributed by atoms with van der Waals surface area (Å²) in [4.78, 5) is 14.1. The summed E-state index contributed by atoms with van der Waals surface area (Å²) in [6.07, 6.45) is 0.500. The summed E-state index contributed by atoms with van der Waals surface area (Å²) in [5, 5.41) is 0. The third-order valence-electron chi connectivity index (χ3n) is 4.74. The number of likely N-dealkylation sites (tertiary alicyclic amines) is 1. The van der Waals surface area contributed by atoms with Crippen molar-refractivity contribution in [1.82, 2.24) is 4.90 Å². The molecule has 0 radical (unpaired) electrons. The van der Waals surface area contributed by atoms with Gasteiger partial charge in [-0.1, -0.05) is 0 Å². The Balaban J connectivity index is 1.56. The molecule has 8 heteroatoms. The topological polar surface area (TPSA) is 63.7 Å². The molecule has 1 amide bonds. The molecule has 2 saturated heterocycles. The molecule has 2 fully saturated rings. The molecule has 24 heavy (non-hydrogen) atoms. The number of carbonyl (C=O) groups excluding carboxylic acids is 1. The highest BCUT2D eigenvalue weighted by Crippen LogP contribution is 2.42. The normalized spacial score (nSPS) is 22.7. The second kappa shape index (κ2) is 5.98. The van der Waals surface area contributed by atoms with E-state index in [2.05, 4.69) is 0 Å². The summed E-state index contributed by atoms with van der Waals surface area (Å²) in [6, 6.07) is 3.12. The summed E-state index contributed by atoms with van der Waals surface area (Å²) in [5.74, 6) is -1.73. The fraction of sp³-hybridized carbons (Fsp3) is 0.562. The number of hydrogen-bond donors (Lipinski definition) is 0. The second-order valence-corrected chi connectivity index (χ2v) is 8.76. The van der Waals surface area contributed by atoms with E-state index in [4.69, 9.17) is 4.74 Å². The van der Waals surface area contributed by atoms with Gasteiger partial charge in [0.05, 0.1) is 11.5 Å². The van der Waals surface area contributed by atoms with Crippen LogP contribution < -0.4 is 4.74 Å². The van der Waals surface area contributed by atoms with Gasteiger partial charge in [-0.05, 0) is 31.9 Å². The van der Waals surface area contributed by atoms with Gasteiger partial charge in [-0.2, -0.15) is 0 Å². The third kappa shape index (κ3) is 3.38. The van der Waals surface area contributed by atoms with Crippen molar-refractivity contribution < 1.29 is 26.7 Å². The van der Waals surface area contributed by atoms with Crippen LogP contribution in [0.2, 0.25) is 0 Å². The van der Waals surface area contributed by atoms with Crippen molar-refractivity contribution in [1.29, 1.82) is 0 Å². The van der Waals surface area contributed by atoms with Crippen LogP contribution in [0.25, 0.3) is 0 Å². The lowest BCUT2D eigenvalue weighted by Crippen LogP contribution is -2.56. The van der Waals surface area contributed by atoms with Crippen molar-refractivity contribution in [2.45, 2.75) is 25.9 Å². The molecular formula is C16H19F2NO4S. The van der Waals surface area contributed by atoms with Crippen molar-refractivity contribution >= 4 is 15.7 Å². The van der Waals surface area contributed by atoms with Crippen LogP contribution in [0.5, 0.6) is 5.75 Å². The van der Waals surface area contributed by atoms with Crippen LogP contribution in [-0.4, -0.2) is 49.9 Å². The molecule has 132 valence electrons. The number of amides is 1. The van der Waals surface area contributed by atoms with Crippen LogP contribution in [0.1, 0.15) is 19.8 Å². The molecule has 0 saturated carbocycles. The lowest BCUT2D eigenvalue weighted by atomic mass is 9.81. The van der Waals surface area contributed by atoms with Crippen LogP contribution in [-0.2, 0) is 14.6 Å². The maximum absolute atomic E-state index is 13.2. The van der Waals surface area contributed by atoms with Gasteiger partial charge in [0.2, 0.25) is 0 Å². The highest BCUT2D eigenvalue weighted by molar-refractivity contribution is 7.92. The number of piperidine rings is 1. The van der Waals surface area contributed by atoms with E-state index in [1.807, 2.05) is 0 Å². The molecule has 2 heterocycles. The van der Waals surface area contributed by atoms with Crippen molar-refractivity contribution in [3.8, 4) is 5.75 Å². The molecule has 0 N–H and O–H groups in total. The first-order valence-corrected chi connectivity index (χ1v) is 9.63. The van der Waals surface area contributed by atoms with Gasteiger partial charge in [0.25, 0.3) is 5.91 Å². The number of benzene rings is 1. The number of sulfone groups is 1. The maximum Gasteiger partial charge on any atom is 0.263 e. The van der Waals surface area contributed by atoms with Crippen LogP contribution in [0.3, 0.4) is 0 Å². The molecule has 1 spiro atoms. The summed E-state index contributed by atoms with van der Waals surface area (Å²) in [7, 11) is -2.89. The lowest BCUT2D eigenvalue weighted by molar-refractivity contribution is -0.140. The molecule has 0 bridgehead atoms. The number of hydrogen-bond acceptors (Lipinski definition) is 4. The number of nitrogens with zero attached hydrogens (tertiary/aromatic N) is 1. The van der Waals surface area contributed by atoms with E-state index in [9.17, 15) is 22.0 Å². The molecule has 0 aromatic heterocycles. The highest BCUT2D eigenvalue weighted by atomic mass is 32.2. The highest BCUT2D eigenvalue weighted by Gasteiger charge is 2.50. The van der Waals surface area contributed by atoms with Gasteiger partial charge < -0.3 is 9.64 Å². The quantitative estimate of drug-likeness (QED) is 0.825. The molecule has 1 aromatic rings. The van der Waals surface area contributed by atoms with Gasteiger partial charge in [0, 0.05) is 24.6 Å². The Hall–Kier alpha value is -1.70. The molecule has 2 aliphatic rings. The summed E-state index contributed by atoms with van der Waals surface area (Å²) < 4.78 is 54.2. The molecule has 1 atom stereocenters. The van der Waals surface area contributed by atoms with Crippen molar-refractivity contribution in [3.05, 3.63) is 29.8 Å². The van der Waals surface area contributed by atoms with E-state index >= 15 is 0 Å². The average Bonchev–Trinajstić information content (AvgIpc) is 2.49. The zero-order chi connectivity index (χ0) is 17.5. The lowest BCUT2D eigenvalue weighted by Gasteiger charge is -2.47. The SMILES string of the molecule is C[C@@H](Oc1ccc(F)c(F)c1)C(=O)N1CCC2(CC1)CS(=O)(=O)C2. The smallest absolute Gasteiger partial charge is 0.263 e. The van der Waals surface area contributed by atoms with Gasteiger partial charge in [-0.25, -0.2) is 17.2 Å². The Labute approximate surface area is 139 Å². The molecule has 0 aliphatic carbocycles. The predicted molar refractivity (Wildman–Crippen MR) is 83.3 cm³/mol. The van der Waals surface area contributed by atoms with E-state index in [0.717, 1.165) is 12.1 Å². The van der Waals surface area contributed by atoms with Gasteiger partial charge in [-0.15, -0.1) is 0 Å². The van der Waals surface area contributed by atoms with Gasteiger partial charge >= 0.3 is 0 Å². The average molecular weight is 359 g/mol. The molecular weight excluding hydrogens is 340 g/mol. The monoisotopic (exact) mass is 359 g/mol. The number of rotatable bonds is 3. The molecule has 3 rings (SSSR count). The second-order valence-electron chi connectivity index (χ2n) is 6.69. The fourth-order valence-electron chi connectivity index (χ4n) is 3.44. The van der Waals surface area contributed by atoms with E-state index in [0.29, 0.717) is 25.9 Å². The standard InChI is InChI=1S/C16H19F2NO4S/c1-11(23-12-2-3-13(17)14(18)8-12)15(20)19-6-4-16(5-7-19)9-24(21,22)10-16/h2-3,8,11H,4-7,9-10H2,1H3/t11-/m1/s1. The zero-order valence-corrected chi connectivity index (χ0v) is 14.1. The van der Waals surface area contributed by atoms with Crippen LogP contribution >= 0.6 is 0 Å². The zero-order valence-electron chi connectivity index (χ0n) is 13.3. The van der Waals surface area contributed by atoms with Gasteiger partial charge in [-0.3, -0.25) is 4.79 Å². The Bertz CT molecular complexity index is 743. The molecule has 5 nitrogen and oxygen atoms in total. The minimum atomic E-state index is -2.89. The van der Waals surface area contributed by atoms with Crippen molar-refractivity contribution in [2.24, 2.45) is 5.41 Å². The Morgan fingerprint density at radius 2 is 1.83 bits per heavy atom. The summed E-state index contributed by atoms with van der Waals surface area (Å²) in [6.45, 7) is 2.53. The minimum absolute atomic E-state index is 0.0910. The van der Waals surface area contributed by atoms with Crippen LogP contribution in [0, 0.1) is 17.0 Å². The Morgan fingerprint density at radius 1 is 1.21 bits per heavy atom. The van der Waals surface area contributed by atoms with E-state index in [1.165, 1.54) is 6.07 Å². The van der Waals surface area contributed by atoms with Crippen molar-refractivity contribution in [2.75, 3.05) is 24.6 Å². The first-order valence-electron chi connectivity index (χ1n) is 7.81. The van der Waals surface area contributed by atoms with Crippen LogP contribution in [0.15, 0.2) is 18.2 Å². The molecule has 1 aromatic carbocycles. The number of carbonyl (C=O) groups is 1. The first-order chi connectivity index (χ1) is 11.2. The van der Waals surface area contributed by atoms with Crippen molar-refractivity contribution in [3.63, 3.8) is 0 Å². The summed E-state index contributed by atoms with van der Waals surface area (Å²) >= 11 is 0. The third-order valence-corrected chi connectivity index (χ3v) is 6.84. The molecule has 0 unspecified atom stereocenters. The number of halogens is 2. The van der Waals surface area contributed by atoms with Gasteiger partial charge in [0.1, 0.15) is 5.75 Å². The Morgan fingerprint density at radius 3 is 2.38 bits per heavy atom. The van der Waals surface area contributed by atoms with Gasteiger partial charge in [0.15, 0.2) is 27.6 Å². The number of ether oxygens (including phenoxy) is 1. The van der Waals surface area contributed by atoms with E-state index in [-0.39, 0.29) is 28.6 Å². The van der Waals surface area contributed by atoms with Crippen LogP contribution in [0.4, 0.5) is 8.78 Å². The predicted octanol–water partition coefficient (Wildman–Crippen LogP) is 1.77. The molecule has 2 aliphatic heterocycles. The minimum Gasteiger partial charge on any atom is -0.481 e. The van der Waals surface area contributed by atoms with E-state index in [1.54, 1.807) is 11.8 Å². The Kier molecular flexibility index (Phi) is 4.27. The summed E-state index contributed by atoms with van der Waals surface area (Å²) in [5.41, 5.74) is -0.167. The first kappa shape index (κ1) is 17.1. The fourth-order valence-corrected chi connectivity index (χ4v) is 5.80. The largest absolute Gasteiger partial charge is 0.481 e. The van der Waals surface area contributed by atoms with E-state index < -0.39 is 27.6 Å². The maximum atomic E-state index is 13.2.